The van der Waals surface area contributed by atoms with E-state index in [0.29, 0.717) is 0 Å². The summed E-state index contributed by atoms with van der Waals surface area (Å²) in [5.41, 5.74) is -24.6. The zero-order valence-corrected chi connectivity index (χ0v) is 17.5. The van der Waals surface area contributed by atoms with Crippen molar-refractivity contribution in [3.63, 3.8) is 0 Å². The Balaban J connectivity index is -0.000000490. The van der Waals surface area contributed by atoms with Crippen LogP contribution in [0.15, 0.2) is 0 Å². The van der Waals surface area contributed by atoms with Gasteiger partial charge < -0.3 is 0 Å². The fourth-order valence-electron chi connectivity index (χ4n) is 0.478. The maximum atomic E-state index is 11.5. The second kappa shape index (κ2) is 9.85. The molecule has 0 aliphatic rings. The van der Waals surface area contributed by atoms with Crippen molar-refractivity contribution < 1.29 is 109 Å². The molecular formula is C4H2AgF12N2O8S4. The molecule has 195 valence electrons. The summed E-state index contributed by atoms with van der Waals surface area (Å²) in [5.74, 6) is 0. The quantitative estimate of drug-likeness (QED) is 0.324. The van der Waals surface area contributed by atoms with Crippen LogP contribution >= 0.6 is 0 Å². The van der Waals surface area contributed by atoms with Crippen LogP contribution in [0.2, 0.25) is 0 Å². The molecule has 31 heavy (non-hydrogen) atoms. The summed E-state index contributed by atoms with van der Waals surface area (Å²) in [5, 5.41) is 0. The van der Waals surface area contributed by atoms with Crippen molar-refractivity contribution >= 4 is 40.1 Å². The molecule has 10 nitrogen and oxygen atoms in total. The summed E-state index contributed by atoms with van der Waals surface area (Å²) in [6.07, 6.45) is 0. The Morgan fingerprint density at radius 2 is 0.452 bits per heavy atom. The summed E-state index contributed by atoms with van der Waals surface area (Å²) in [6.45, 7) is 0. The van der Waals surface area contributed by atoms with Crippen molar-refractivity contribution in [1.29, 1.82) is 0 Å². The van der Waals surface area contributed by atoms with Gasteiger partial charge in [0.2, 0.25) is 0 Å². The van der Waals surface area contributed by atoms with E-state index in [1.807, 2.05) is 0 Å². The van der Waals surface area contributed by atoms with E-state index in [9.17, 15) is 86.4 Å². The number of rotatable bonds is 4. The summed E-state index contributed by atoms with van der Waals surface area (Å²) in [4.78, 5) is 0. The standard InChI is InChI=1S/2C2HF6NO4S2.Ag/c2*3-1(4,5)14(10,11)9-15(12,13)2(6,7)8;/h2*9H;. The minimum Gasteiger partial charge on any atom is -0.202 e. The molecule has 0 rings (SSSR count). The van der Waals surface area contributed by atoms with Crippen LogP contribution in [0.25, 0.3) is 0 Å². The molecule has 2 N–H and O–H groups in total. The van der Waals surface area contributed by atoms with Gasteiger partial charge in [0.25, 0.3) is 0 Å². The van der Waals surface area contributed by atoms with Crippen LogP contribution in [0.1, 0.15) is 0 Å². The number of hydrogen-bond donors (Lipinski definition) is 2. The van der Waals surface area contributed by atoms with Crippen LogP contribution in [0, 0.1) is 0 Å². The molecule has 0 saturated carbocycles. The van der Waals surface area contributed by atoms with E-state index in [1.54, 1.807) is 0 Å². The van der Waals surface area contributed by atoms with Gasteiger partial charge in [0, 0.05) is 22.4 Å². The molecule has 0 fully saturated rings. The van der Waals surface area contributed by atoms with Crippen LogP contribution in [0.4, 0.5) is 52.7 Å². The second-order valence-corrected chi connectivity index (χ2v) is 11.2. The Labute approximate surface area is 179 Å². The van der Waals surface area contributed by atoms with Crippen molar-refractivity contribution in [2.45, 2.75) is 22.0 Å². The van der Waals surface area contributed by atoms with Crippen LogP contribution in [-0.2, 0) is 62.5 Å². The summed E-state index contributed by atoms with van der Waals surface area (Å²) < 4.78 is 217. The normalized spacial score (nSPS) is 14.8. The molecule has 0 aromatic rings. The molecule has 27 heteroatoms. The molecule has 0 amide bonds. The number of hydrogen-bond acceptors (Lipinski definition) is 8. The first-order chi connectivity index (χ1) is 12.4. The van der Waals surface area contributed by atoms with Gasteiger partial charge in [-0.1, -0.05) is 8.25 Å². The number of nitrogens with one attached hydrogen (secondary N) is 2. The van der Waals surface area contributed by atoms with E-state index in [2.05, 4.69) is 0 Å². The monoisotopic (exact) mass is 669 g/mol. The first-order valence-electron chi connectivity index (χ1n) is 5.23. The Hall–Kier alpha value is -0.380. The first kappa shape index (κ1) is 35.2. The number of halogens is 12. The van der Waals surface area contributed by atoms with Gasteiger partial charge in [-0.15, -0.1) is 0 Å². The Morgan fingerprint density at radius 3 is 0.516 bits per heavy atom. The molecule has 0 aromatic carbocycles. The van der Waals surface area contributed by atoms with E-state index in [1.165, 1.54) is 0 Å². The maximum Gasteiger partial charge on any atom is 0.512 e. The fraction of sp³-hybridized carbons (Fsp3) is 1.00. The zero-order chi connectivity index (χ0) is 25.4. The average Bonchev–Trinajstić information content (AvgIpc) is 2.30. The predicted octanol–water partition coefficient (Wildman–Crippen LogP) is 0.548. The van der Waals surface area contributed by atoms with Crippen LogP contribution < -0.4 is 8.25 Å². The molecule has 0 unspecified atom stereocenters. The third-order valence-corrected chi connectivity index (χ3v) is 7.61. The topological polar surface area (TPSA) is 161 Å². The minimum absolute atomic E-state index is 0. The molecule has 0 aromatic heterocycles. The van der Waals surface area contributed by atoms with Gasteiger partial charge in [-0.05, 0) is 0 Å². The van der Waals surface area contributed by atoms with Gasteiger partial charge in [0.05, 0.1) is 0 Å². The molecule has 0 bridgehead atoms. The van der Waals surface area contributed by atoms with Gasteiger partial charge in [-0.25, -0.2) is 33.7 Å². The molecule has 0 heterocycles. The molecular weight excluding hydrogens is 668 g/mol. The van der Waals surface area contributed by atoms with Gasteiger partial charge >= 0.3 is 62.1 Å². The smallest absolute Gasteiger partial charge is 0.202 e. The van der Waals surface area contributed by atoms with Crippen molar-refractivity contribution in [3.8, 4) is 0 Å². The van der Waals surface area contributed by atoms with Gasteiger partial charge in [0.15, 0.2) is 0 Å². The van der Waals surface area contributed by atoms with E-state index < -0.39 is 70.4 Å². The Bertz CT molecular complexity index is 862. The summed E-state index contributed by atoms with van der Waals surface area (Å²) >= 11 is 0. The SMILES string of the molecule is O=S(=O)(NS(=O)(=O)C(F)(F)F)C(F)(F)F.O=S(=O)(NS(=O)(=O)C(F)(F)F)C(F)(F)F.[Ag]. The van der Waals surface area contributed by atoms with Gasteiger partial charge in [-0.3, -0.25) is 0 Å². The van der Waals surface area contributed by atoms with Crippen LogP contribution in [0.3, 0.4) is 0 Å². The third-order valence-electron chi connectivity index (χ3n) is 1.66. The van der Waals surface area contributed by atoms with E-state index in [0.717, 1.165) is 0 Å². The summed E-state index contributed by atoms with van der Waals surface area (Å²) in [6, 6.07) is 0. The zero-order valence-electron chi connectivity index (χ0n) is 12.7. The Morgan fingerprint density at radius 1 is 0.355 bits per heavy atom. The molecule has 0 atom stereocenters. The molecule has 0 spiro atoms. The van der Waals surface area contributed by atoms with Crippen molar-refractivity contribution in [3.05, 3.63) is 0 Å². The molecule has 1 radical (unpaired) electrons. The summed E-state index contributed by atoms with van der Waals surface area (Å²) in [7, 11) is -26.4. The van der Waals surface area contributed by atoms with E-state index >= 15 is 0 Å². The maximum absolute atomic E-state index is 11.5. The van der Waals surface area contributed by atoms with Gasteiger partial charge in [0.1, 0.15) is 0 Å². The van der Waals surface area contributed by atoms with E-state index in [4.69, 9.17) is 0 Å². The first-order valence-corrected chi connectivity index (χ1v) is 11.2. The van der Waals surface area contributed by atoms with Crippen molar-refractivity contribution in [1.82, 2.24) is 8.25 Å². The average molecular weight is 670 g/mol. The Kier molecular flexibility index (Phi) is 11.2. The largest absolute Gasteiger partial charge is 0.512 e. The molecule has 0 aliphatic carbocycles. The second-order valence-electron chi connectivity index (χ2n) is 3.96. The minimum atomic E-state index is -6.60. The molecule has 0 saturated heterocycles. The third kappa shape index (κ3) is 9.96. The number of alkyl halides is 12. The van der Waals surface area contributed by atoms with Crippen LogP contribution in [-0.4, -0.2) is 55.7 Å². The van der Waals surface area contributed by atoms with Gasteiger partial charge in [-0.2, -0.15) is 52.7 Å². The number of sulfonamides is 4. The van der Waals surface area contributed by atoms with Crippen molar-refractivity contribution in [2.75, 3.05) is 0 Å². The predicted molar refractivity (Wildman–Crippen MR) is 66.2 cm³/mol. The van der Waals surface area contributed by atoms with Crippen molar-refractivity contribution in [2.24, 2.45) is 0 Å². The fourth-order valence-corrected chi connectivity index (χ4v) is 4.30. The molecule has 0 aliphatic heterocycles. The van der Waals surface area contributed by atoms with E-state index in [-0.39, 0.29) is 22.4 Å². The van der Waals surface area contributed by atoms with Crippen LogP contribution in [0.5, 0.6) is 0 Å².